The van der Waals surface area contributed by atoms with Crippen LogP contribution in [0.2, 0.25) is 0 Å². The van der Waals surface area contributed by atoms with Gasteiger partial charge in [-0.25, -0.2) is 4.79 Å². The molecule has 1 aromatic rings. The van der Waals surface area contributed by atoms with Gasteiger partial charge in [-0.2, -0.15) is 0 Å². The zero-order chi connectivity index (χ0) is 14.3. The molecule has 0 saturated carbocycles. The number of urea groups is 1. The fourth-order valence-electron chi connectivity index (χ4n) is 1.42. The zero-order valence-electron chi connectivity index (χ0n) is 11.9. The van der Waals surface area contributed by atoms with Crippen LogP contribution in [0.4, 0.5) is 4.79 Å². The van der Waals surface area contributed by atoms with E-state index in [1.54, 1.807) is 7.11 Å². The first-order valence-electron chi connectivity index (χ1n) is 5.91. The molecule has 1 atom stereocenters. The Labute approximate surface area is 160 Å². The van der Waals surface area contributed by atoms with Gasteiger partial charge in [0.05, 0.1) is 19.1 Å². The van der Waals surface area contributed by atoms with Crippen molar-refractivity contribution in [3.05, 3.63) is 29.8 Å². The summed E-state index contributed by atoms with van der Waals surface area (Å²) in [5.74, 6) is -0.539. The molecule has 0 aliphatic carbocycles. The van der Waals surface area contributed by atoms with Crippen molar-refractivity contribution in [2.75, 3.05) is 13.7 Å². The maximum Gasteiger partial charge on any atom is 1.00 e. The van der Waals surface area contributed by atoms with Crippen molar-refractivity contribution in [1.82, 2.24) is 10.6 Å². The molecule has 0 spiro atoms. The quantitative estimate of drug-likeness (QED) is 0.538. The van der Waals surface area contributed by atoms with E-state index >= 15 is 0 Å². The number of rotatable bonds is 6. The van der Waals surface area contributed by atoms with Crippen molar-refractivity contribution in [1.29, 1.82) is 0 Å². The van der Waals surface area contributed by atoms with E-state index in [4.69, 9.17) is 4.74 Å². The average Bonchev–Trinajstić information content (AvgIpc) is 2.39. The topological polar surface area (TPSA) is 90.5 Å². The van der Waals surface area contributed by atoms with Gasteiger partial charge in [-0.05, 0) is 31.0 Å². The number of amides is 2. The van der Waals surface area contributed by atoms with Crippen LogP contribution >= 0.6 is 0 Å². The fraction of sp³-hybridized carbons (Fsp3) is 0.385. The van der Waals surface area contributed by atoms with E-state index in [9.17, 15) is 14.7 Å². The molecule has 0 radical (unpaired) electrons. The number of aliphatic carboxylic acids is 1. The molecule has 104 valence electrons. The molecule has 1 aromatic carbocycles. The number of hydrogen-bond donors (Lipinski definition) is 2. The SMILES string of the molecule is COc1ccc(CCNC(=O)NC(C)C(=O)[O-])cc1.[K+]. The van der Waals surface area contributed by atoms with Gasteiger partial charge in [-0.15, -0.1) is 0 Å². The summed E-state index contributed by atoms with van der Waals surface area (Å²) in [6, 6.07) is 5.96. The van der Waals surface area contributed by atoms with Gasteiger partial charge >= 0.3 is 57.4 Å². The Hall–Kier alpha value is -0.604. The number of nitrogens with one attached hydrogen (secondary N) is 2. The molecule has 2 amide bonds. The fourth-order valence-corrected chi connectivity index (χ4v) is 1.42. The Morgan fingerprint density at radius 2 is 1.90 bits per heavy atom. The standard InChI is InChI=1S/C13H18N2O4.K/c1-9(12(16)17)15-13(18)14-8-7-10-3-5-11(19-2)6-4-10;/h3-6,9H,7-8H2,1-2H3,(H,16,17)(H2,14,15,18);/q;+1/p-1. The molecule has 2 N–H and O–H groups in total. The number of carbonyl (C=O) groups is 2. The first-order chi connectivity index (χ1) is 9.02. The Morgan fingerprint density at radius 3 is 2.40 bits per heavy atom. The molecular formula is C13H17KN2O4. The summed E-state index contributed by atoms with van der Waals surface area (Å²) in [4.78, 5) is 21.7. The van der Waals surface area contributed by atoms with Crippen LogP contribution in [0, 0.1) is 0 Å². The summed E-state index contributed by atoms with van der Waals surface area (Å²) >= 11 is 0. The molecule has 0 aliphatic rings. The molecule has 0 fully saturated rings. The van der Waals surface area contributed by atoms with Gasteiger partial charge in [0.15, 0.2) is 0 Å². The first kappa shape index (κ1) is 19.4. The molecule has 0 aliphatic heterocycles. The minimum absolute atomic E-state index is 0. The molecule has 0 aromatic heterocycles. The number of carbonyl (C=O) groups excluding carboxylic acids is 2. The third-order valence-electron chi connectivity index (χ3n) is 2.56. The Bertz CT molecular complexity index is 437. The second kappa shape index (κ2) is 10.2. The normalized spacial score (nSPS) is 10.9. The average molecular weight is 304 g/mol. The predicted octanol–water partition coefficient (Wildman–Crippen LogP) is -3.32. The van der Waals surface area contributed by atoms with Gasteiger partial charge in [0, 0.05) is 6.54 Å². The van der Waals surface area contributed by atoms with Crippen LogP contribution in [-0.2, 0) is 11.2 Å². The summed E-state index contributed by atoms with van der Waals surface area (Å²) in [7, 11) is 1.60. The van der Waals surface area contributed by atoms with Crippen LogP contribution in [0.3, 0.4) is 0 Å². The second-order valence-corrected chi connectivity index (χ2v) is 4.04. The van der Waals surface area contributed by atoms with E-state index < -0.39 is 18.0 Å². The molecule has 20 heavy (non-hydrogen) atoms. The molecule has 0 heterocycles. The molecule has 1 rings (SSSR count). The van der Waals surface area contributed by atoms with E-state index in [1.165, 1.54) is 6.92 Å². The van der Waals surface area contributed by atoms with Crippen LogP contribution in [0.1, 0.15) is 12.5 Å². The molecule has 0 saturated heterocycles. The number of carboxylic acid groups (broad SMARTS) is 1. The molecule has 1 unspecified atom stereocenters. The smallest absolute Gasteiger partial charge is 0.548 e. The van der Waals surface area contributed by atoms with Crippen molar-refractivity contribution in [3.63, 3.8) is 0 Å². The molecule has 6 nitrogen and oxygen atoms in total. The molecular weight excluding hydrogens is 287 g/mol. The zero-order valence-corrected chi connectivity index (χ0v) is 15.1. The van der Waals surface area contributed by atoms with Crippen molar-refractivity contribution < 1.29 is 70.8 Å². The summed E-state index contributed by atoms with van der Waals surface area (Å²) in [5, 5.41) is 15.2. The van der Waals surface area contributed by atoms with E-state index in [-0.39, 0.29) is 51.4 Å². The Morgan fingerprint density at radius 1 is 1.30 bits per heavy atom. The molecule has 7 heteroatoms. The molecule has 0 bridgehead atoms. The van der Waals surface area contributed by atoms with Crippen LogP contribution in [0.15, 0.2) is 24.3 Å². The predicted molar refractivity (Wildman–Crippen MR) is 67.7 cm³/mol. The van der Waals surface area contributed by atoms with Gasteiger partial charge in [0.1, 0.15) is 5.75 Å². The van der Waals surface area contributed by atoms with Gasteiger partial charge in [-0.3, -0.25) is 0 Å². The van der Waals surface area contributed by atoms with E-state index in [1.807, 2.05) is 24.3 Å². The largest absolute Gasteiger partial charge is 1.00 e. The van der Waals surface area contributed by atoms with Crippen LogP contribution in [0.25, 0.3) is 0 Å². The Kier molecular flexibility index (Phi) is 9.86. The van der Waals surface area contributed by atoms with E-state index in [0.29, 0.717) is 13.0 Å². The maximum atomic E-state index is 11.3. The van der Waals surface area contributed by atoms with Crippen LogP contribution in [-0.4, -0.2) is 31.7 Å². The Balaban J connectivity index is 0.00000361. The summed E-state index contributed by atoms with van der Waals surface area (Å²) in [6.45, 7) is 1.76. The summed E-state index contributed by atoms with van der Waals surface area (Å²) in [6.07, 6.45) is 0.650. The summed E-state index contributed by atoms with van der Waals surface area (Å²) in [5.41, 5.74) is 1.05. The maximum absolute atomic E-state index is 11.3. The number of ether oxygens (including phenoxy) is 1. The van der Waals surface area contributed by atoms with Gasteiger partial charge in [-0.1, -0.05) is 12.1 Å². The minimum Gasteiger partial charge on any atom is -0.548 e. The van der Waals surface area contributed by atoms with E-state index in [0.717, 1.165) is 11.3 Å². The number of hydrogen-bond acceptors (Lipinski definition) is 4. The van der Waals surface area contributed by atoms with Crippen molar-refractivity contribution in [2.45, 2.75) is 19.4 Å². The van der Waals surface area contributed by atoms with Gasteiger partial charge in [0.25, 0.3) is 0 Å². The summed E-state index contributed by atoms with van der Waals surface area (Å²) < 4.78 is 5.04. The number of methoxy groups -OCH3 is 1. The van der Waals surface area contributed by atoms with Crippen molar-refractivity contribution in [2.24, 2.45) is 0 Å². The van der Waals surface area contributed by atoms with Crippen molar-refractivity contribution >= 4 is 12.0 Å². The number of benzene rings is 1. The van der Waals surface area contributed by atoms with Crippen molar-refractivity contribution in [3.8, 4) is 5.75 Å². The van der Waals surface area contributed by atoms with Crippen LogP contribution in [0.5, 0.6) is 5.75 Å². The second-order valence-electron chi connectivity index (χ2n) is 4.04. The third kappa shape index (κ3) is 7.25. The first-order valence-corrected chi connectivity index (χ1v) is 5.91. The monoisotopic (exact) mass is 304 g/mol. The van der Waals surface area contributed by atoms with Gasteiger partial charge < -0.3 is 25.3 Å². The van der Waals surface area contributed by atoms with Gasteiger partial charge in [0.2, 0.25) is 0 Å². The van der Waals surface area contributed by atoms with Crippen LogP contribution < -0.4 is 71.9 Å². The van der Waals surface area contributed by atoms with E-state index in [2.05, 4.69) is 10.6 Å². The minimum atomic E-state index is -1.31. The third-order valence-corrected chi connectivity index (χ3v) is 2.56. The number of carboxylic acids is 1.